The molecular weight excluding hydrogens is 216 g/mol. The number of ether oxygens (including phenoxy) is 1. The Hall–Kier alpha value is -0.910. The number of hydrazine groups is 1. The smallest absolute Gasteiger partial charge is 0.0749 e. The number of nitrogens with one attached hydrogen (secondary N) is 1. The van der Waals surface area contributed by atoms with Gasteiger partial charge in [0.05, 0.1) is 23.9 Å². The summed E-state index contributed by atoms with van der Waals surface area (Å²) in [7, 11) is 1.97. The van der Waals surface area contributed by atoms with Gasteiger partial charge in [-0.25, -0.2) is 0 Å². The molecule has 0 aliphatic carbocycles. The predicted octanol–water partition coefficient (Wildman–Crippen LogP) is 0.670. The van der Waals surface area contributed by atoms with Crippen molar-refractivity contribution in [2.75, 3.05) is 0 Å². The Balaban J connectivity index is 2.02. The molecule has 1 aliphatic heterocycles. The molecule has 1 aromatic heterocycles. The van der Waals surface area contributed by atoms with Gasteiger partial charge in [0.2, 0.25) is 0 Å². The van der Waals surface area contributed by atoms with Crippen LogP contribution < -0.4 is 11.3 Å². The van der Waals surface area contributed by atoms with E-state index in [4.69, 9.17) is 10.6 Å². The number of aromatic nitrogens is 2. The van der Waals surface area contributed by atoms with E-state index in [0.29, 0.717) is 6.10 Å². The molecule has 1 saturated heterocycles. The highest BCUT2D eigenvalue weighted by molar-refractivity contribution is 5.10. The summed E-state index contributed by atoms with van der Waals surface area (Å²) in [5.41, 5.74) is 5.11. The highest BCUT2D eigenvalue weighted by Crippen LogP contribution is 2.23. The molecule has 0 radical (unpaired) electrons. The first-order chi connectivity index (χ1) is 8.10. The van der Waals surface area contributed by atoms with Crippen LogP contribution in [0.25, 0.3) is 0 Å². The second-order valence-electron chi connectivity index (χ2n) is 4.94. The molecule has 1 aliphatic rings. The molecule has 5 heteroatoms. The molecule has 0 amide bonds. The molecule has 3 N–H and O–H groups in total. The topological polar surface area (TPSA) is 65.1 Å². The molecular formula is C12H22N4O. The van der Waals surface area contributed by atoms with E-state index in [1.54, 1.807) is 0 Å². The normalized spacial score (nSPS) is 26.4. The van der Waals surface area contributed by atoms with Crippen LogP contribution in [0, 0.1) is 6.92 Å². The molecule has 0 saturated carbocycles. The number of rotatable bonds is 4. The zero-order valence-corrected chi connectivity index (χ0v) is 10.8. The SMILES string of the molecule is Cc1cc(CC(NN)C2CCC(C)O2)n(C)n1. The number of hydrogen-bond acceptors (Lipinski definition) is 4. The zero-order chi connectivity index (χ0) is 12.4. The van der Waals surface area contributed by atoms with Crippen molar-refractivity contribution in [1.29, 1.82) is 0 Å². The fraction of sp³-hybridized carbons (Fsp3) is 0.750. The maximum atomic E-state index is 5.86. The number of hydrogen-bond donors (Lipinski definition) is 2. The van der Waals surface area contributed by atoms with E-state index in [2.05, 4.69) is 23.5 Å². The highest BCUT2D eigenvalue weighted by atomic mass is 16.5. The first-order valence-electron chi connectivity index (χ1n) is 6.21. The molecule has 0 aromatic carbocycles. The summed E-state index contributed by atoms with van der Waals surface area (Å²) in [4.78, 5) is 0. The molecule has 1 aromatic rings. The lowest BCUT2D eigenvalue weighted by atomic mass is 10.0. The standard InChI is InChI=1S/C12H22N4O/c1-8-6-10(16(3)15-8)7-11(14-13)12-5-4-9(2)17-12/h6,9,11-12,14H,4-5,7,13H2,1-3H3. The van der Waals surface area contributed by atoms with E-state index in [1.807, 2.05) is 18.7 Å². The van der Waals surface area contributed by atoms with E-state index >= 15 is 0 Å². The molecule has 17 heavy (non-hydrogen) atoms. The van der Waals surface area contributed by atoms with E-state index in [-0.39, 0.29) is 12.1 Å². The molecule has 3 unspecified atom stereocenters. The van der Waals surface area contributed by atoms with Crippen molar-refractivity contribution in [3.8, 4) is 0 Å². The summed E-state index contributed by atoms with van der Waals surface area (Å²) in [5.74, 6) is 5.64. The third kappa shape index (κ3) is 2.86. The average molecular weight is 238 g/mol. The van der Waals surface area contributed by atoms with Gasteiger partial charge in [0.15, 0.2) is 0 Å². The second-order valence-corrected chi connectivity index (χ2v) is 4.94. The van der Waals surface area contributed by atoms with Crippen LogP contribution in [-0.4, -0.2) is 28.0 Å². The van der Waals surface area contributed by atoms with Crippen LogP contribution in [0.1, 0.15) is 31.2 Å². The van der Waals surface area contributed by atoms with E-state index in [9.17, 15) is 0 Å². The number of nitrogens with zero attached hydrogens (tertiary/aromatic N) is 2. The Morgan fingerprint density at radius 1 is 1.65 bits per heavy atom. The van der Waals surface area contributed by atoms with Gasteiger partial charge in [-0.3, -0.25) is 16.0 Å². The minimum atomic E-state index is 0.162. The molecule has 3 atom stereocenters. The van der Waals surface area contributed by atoms with Crippen LogP contribution in [0.15, 0.2) is 6.07 Å². The molecule has 2 rings (SSSR count). The van der Waals surface area contributed by atoms with Crippen LogP contribution in [0.4, 0.5) is 0 Å². The van der Waals surface area contributed by atoms with Crippen LogP contribution in [-0.2, 0) is 18.2 Å². The van der Waals surface area contributed by atoms with Gasteiger partial charge in [0.1, 0.15) is 0 Å². The van der Waals surface area contributed by atoms with E-state index in [0.717, 1.165) is 25.0 Å². The third-order valence-corrected chi connectivity index (χ3v) is 3.46. The summed E-state index contributed by atoms with van der Waals surface area (Å²) in [5, 5.41) is 4.35. The van der Waals surface area contributed by atoms with Gasteiger partial charge in [-0.15, -0.1) is 0 Å². The van der Waals surface area contributed by atoms with Crippen molar-refractivity contribution in [3.63, 3.8) is 0 Å². The summed E-state index contributed by atoms with van der Waals surface area (Å²) < 4.78 is 7.78. The van der Waals surface area contributed by atoms with Gasteiger partial charge >= 0.3 is 0 Å². The zero-order valence-electron chi connectivity index (χ0n) is 10.8. The fourth-order valence-corrected chi connectivity index (χ4v) is 2.51. The second kappa shape index (κ2) is 5.16. The Kier molecular flexibility index (Phi) is 3.81. The van der Waals surface area contributed by atoms with Crippen LogP contribution >= 0.6 is 0 Å². The van der Waals surface area contributed by atoms with Gasteiger partial charge in [0.25, 0.3) is 0 Å². The lowest BCUT2D eigenvalue weighted by molar-refractivity contribution is 0.0317. The first-order valence-corrected chi connectivity index (χ1v) is 6.21. The quantitative estimate of drug-likeness (QED) is 0.598. The van der Waals surface area contributed by atoms with Crippen molar-refractivity contribution in [1.82, 2.24) is 15.2 Å². The lowest BCUT2D eigenvalue weighted by Gasteiger charge is -2.22. The van der Waals surface area contributed by atoms with E-state index in [1.165, 1.54) is 5.69 Å². The van der Waals surface area contributed by atoms with E-state index < -0.39 is 0 Å². The van der Waals surface area contributed by atoms with Gasteiger partial charge in [-0.2, -0.15) is 5.10 Å². The van der Waals surface area contributed by atoms with Gasteiger partial charge in [-0.05, 0) is 32.8 Å². The maximum absolute atomic E-state index is 5.86. The van der Waals surface area contributed by atoms with Gasteiger partial charge in [-0.1, -0.05) is 0 Å². The van der Waals surface area contributed by atoms with Crippen molar-refractivity contribution in [2.45, 2.75) is 51.4 Å². The van der Waals surface area contributed by atoms with Crippen molar-refractivity contribution < 1.29 is 4.74 Å². The Morgan fingerprint density at radius 2 is 2.41 bits per heavy atom. The predicted molar refractivity (Wildman–Crippen MR) is 66.3 cm³/mol. The summed E-state index contributed by atoms with van der Waals surface area (Å²) in [6, 6.07) is 2.26. The third-order valence-electron chi connectivity index (χ3n) is 3.46. The van der Waals surface area contributed by atoms with Crippen LogP contribution in [0.2, 0.25) is 0 Å². The summed E-state index contributed by atoms with van der Waals surface area (Å²) >= 11 is 0. The highest BCUT2D eigenvalue weighted by Gasteiger charge is 2.29. The fourth-order valence-electron chi connectivity index (χ4n) is 2.51. The molecule has 96 valence electrons. The summed E-state index contributed by atoms with van der Waals surface area (Å²) in [6.45, 7) is 4.12. The minimum absolute atomic E-state index is 0.162. The molecule has 5 nitrogen and oxygen atoms in total. The van der Waals surface area contributed by atoms with Gasteiger partial charge in [0, 0.05) is 19.2 Å². The monoisotopic (exact) mass is 238 g/mol. The minimum Gasteiger partial charge on any atom is -0.374 e. The maximum Gasteiger partial charge on any atom is 0.0749 e. The van der Waals surface area contributed by atoms with Crippen molar-refractivity contribution in [2.24, 2.45) is 12.9 Å². The molecule has 2 heterocycles. The largest absolute Gasteiger partial charge is 0.374 e. The average Bonchev–Trinajstić information content (AvgIpc) is 2.82. The Labute approximate surface area is 102 Å². The van der Waals surface area contributed by atoms with Gasteiger partial charge < -0.3 is 4.74 Å². The number of aryl methyl sites for hydroxylation is 2. The van der Waals surface area contributed by atoms with Crippen LogP contribution in [0.3, 0.4) is 0 Å². The first kappa shape index (κ1) is 12.5. The summed E-state index contributed by atoms with van der Waals surface area (Å²) in [6.07, 6.45) is 3.61. The molecule has 0 spiro atoms. The Morgan fingerprint density at radius 3 is 2.88 bits per heavy atom. The van der Waals surface area contributed by atoms with Crippen molar-refractivity contribution in [3.05, 3.63) is 17.5 Å². The Bertz CT molecular complexity index is 377. The molecule has 1 fully saturated rings. The number of nitrogens with two attached hydrogens (primary N) is 1. The van der Waals surface area contributed by atoms with Crippen molar-refractivity contribution >= 4 is 0 Å². The van der Waals surface area contributed by atoms with Crippen LogP contribution in [0.5, 0.6) is 0 Å². The lowest BCUT2D eigenvalue weighted by Crippen LogP contribution is -2.45. The molecule has 0 bridgehead atoms.